The molecule has 4 nitrogen and oxygen atoms in total. The molecule has 0 aliphatic carbocycles. The summed E-state index contributed by atoms with van der Waals surface area (Å²) in [4.78, 5) is 8.90. The Labute approximate surface area is 113 Å². The number of para-hydroxylation sites is 1. The zero-order valence-electron chi connectivity index (χ0n) is 11.6. The Bertz CT molecular complexity index is 567. The maximum atomic E-state index is 5.86. The predicted octanol–water partition coefficient (Wildman–Crippen LogP) is 2.40. The predicted molar refractivity (Wildman–Crippen MR) is 75.2 cm³/mol. The van der Waals surface area contributed by atoms with E-state index in [-0.39, 0.29) is 6.04 Å². The van der Waals surface area contributed by atoms with Crippen LogP contribution in [0.5, 0.6) is 5.75 Å². The molecule has 1 unspecified atom stereocenters. The summed E-state index contributed by atoms with van der Waals surface area (Å²) in [5, 5.41) is 0. The molecule has 2 aromatic rings. The Hall–Kier alpha value is -1.94. The van der Waals surface area contributed by atoms with Crippen LogP contribution in [0.2, 0.25) is 0 Å². The summed E-state index contributed by atoms with van der Waals surface area (Å²) in [7, 11) is 1.67. The minimum atomic E-state index is -0.0414. The third kappa shape index (κ3) is 3.09. The van der Waals surface area contributed by atoms with Crippen molar-refractivity contribution in [3.63, 3.8) is 0 Å². The fourth-order valence-corrected chi connectivity index (χ4v) is 2.08. The van der Waals surface area contributed by atoms with Gasteiger partial charge >= 0.3 is 0 Å². The molecular weight excluding hydrogens is 238 g/mol. The first-order chi connectivity index (χ1) is 9.11. The molecular formula is C15H19N3O. The van der Waals surface area contributed by atoms with Crippen molar-refractivity contribution < 1.29 is 4.74 Å². The van der Waals surface area contributed by atoms with E-state index in [2.05, 4.69) is 9.97 Å². The molecule has 0 amide bonds. The Morgan fingerprint density at radius 1 is 1.32 bits per heavy atom. The van der Waals surface area contributed by atoms with Gasteiger partial charge in [0.25, 0.3) is 0 Å². The SMILES string of the molecule is COc1ccccc1Cc1ncc(C(C)N)c(C)n1. The second kappa shape index (κ2) is 5.80. The van der Waals surface area contributed by atoms with Gasteiger partial charge in [-0.15, -0.1) is 0 Å². The number of aromatic nitrogens is 2. The molecule has 0 saturated carbocycles. The molecule has 0 aliphatic heterocycles. The first kappa shape index (κ1) is 13.5. The second-order valence-electron chi connectivity index (χ2n) is 4.60. The lowest BCUT2D eigenvalue weighted by Crippen LogP contribution is -2.10. The highest BCUT2D eigenvalue weighted by Crippen LogP contribution is 2.20. The average Bonchev–Trinajstić information content (AvgIpc) is 2.39. The van der Waals surface area contributed by atoms with Crippen LogP contribution in [0.3, 0.4) is 0 Å². The molecule has 2 rings (SSSR count). The molecule has 2 N–H and O–H groups in total. The number of benzene rings is 1. The monoisotopic (exact) mass is 257 g/mol. The highest BCUT2D eigenvalue weighted by atomic mass is 16.5. The molecule has 19 heavy (non-hydrogen) atoms. The summed E-state index contributed by atoms with van der Waals surface area (Å²) < 4.78 is 5.33. The van der Waals surface area contributed by atoms with Crippen molar-refractivity contribution >= 4 is 0 Å². The lowest BCUT2D eigenvalue weighted by Gasteiger charge is -2.11. The van der Waals surface area contributed by atoms with Gasteiger partial charge in [0.15, 0.2) is 0 Å². The van der Waals surface area contributed by atoms with Gasteiger partial charge in [-0.05, 0) is 19.9 Å². The number of methoxy groups -OCH3 is 1. The quantitative estimate of drug-likeness (QED) is 0.913. The Kier molecular flexibility index (Phi) is 4.12. The van der Waals surface area contributed by atoms with Gasteiger partial charge in [-0.25, -0.2) is 9.97 Å². The van der Waals surface area contributed by atoms with Gasteiger partial charge in [0.05, 0.1) is 7.11 Å². The van der Waals surface area contributed by atoms with Crippen LogP contribution < -0.4 is 10.5 Å². The number of nitrogens with zero attached hydrogens (tertiary/aromatic N) is 2. The van der Waals surface area contributed by atoms with E-state index < -0.39 is 0 Å². The molecule has 0 bridgehead atoms. The highest BCUT2D eigenvalue weighted by Gasteiger charge is 2.09. The molecule has 0 radical (unpaired) electrons. The molecule has 1 heterocycles. The number of hydrogen-bond acceptors (Lipinski definition) is 4. The van der Waals surface area contributed by atoms with Crippen molar-refractivity contribution in [2.24, 2.45) is 5.73 Å². The van der Waals surface area contributed by atoms with Crippen molar-refractivity contribution in [2.75, 3.05) is 7.11 Å². The van der Waals surface area contributed by atoms with Crippen molar-refractivity contribution in [1.29, 1.82) is 0 Å². The van der Waals surface area contributed by atoms with Crippen LogP contribution in [0.25, 0.3) is 0 Å². The minimum absolute atomic E-state index is 0.0414. The molecule has 1 aromatic carbocycles. The second-order valence-corrected chi connectivity index (χ2v) is 4.60. The summed E-state index contributed by atoms with van der Waals surface area (Å²) in [5.74, 6) is 1.64. The summed E-state index contributed by atoms with van der Waals surface area (Å²) in [6.07, 6.45) is 2.47. The Morgan fingerprint density at radius 2 is 2.05 bits per heavy atom. The number of aryl methyl sites for hydroxylation is 1. The van der Waals surface area contributed by atoms with Gasteiger partial charge in [-0.2, -0.15) is 0 Å². The molecule has 1 atom stereocenters. The van der Waals surface area contributed by atoms with Gasteiger partial charge < -0.3 is 10.5 Å². The molecule has 4 heteroatoms. The van der Waals surface area contributed by atoms with E-state index in [9.17, 15) is 0 Å². The van der Waals surface area contributed by atoms with Gasteiger partial charge in [-0.3, -0.25) is 0 Å². The van der Waals surface area contributed by atoms with Gasteiger partial charge in [0.1, 0.15) is 11.6 Å². The van der Waals surface area contributed by atoms with E-state index >= 15 is 0 Å². The third-order valence-corrected chi connectivity index (χ3v) is 3.10. The summed E-state index contributed by atoms with van der Waals surface area (Å²) in [5.41, 5.74) is 8.87. The van der Waals surface area contributed by atoms with E-state index in [0.29, 0.717) is 6.42 Å². The summed E-state index contributed by atoms with van der Waals surface area (Å²) in [6, 6.07) is 7.87. The van der Waals surface area contributed by atoms with Crippen molar-refractivity contribution in [2.45, 2.75) is 26.3 Å². The van der Waals surface area contributed by atoms with E-state index in [0.717, 1.165) is 28.4 Å². The Balaban J connectivity index is 2.26. The lowest BCUT2D eigenvalue weighted by atomic mass is 10.1. The molecule has 0 fully saturated rings. The maximum absolute atomic E-state index is 5.86. The molecule has 0 spiro atoms. The van der Waals surface area contributed by atoms with Gasteiger partial charge in [0.2, 0.25) is 0 Å². The fourth-order valence-electron chi connectivity index (χ4n) is 2.08. The normalized spacial score (nSPS) is 12.2. The lowest BCUT2D eigenvalue weighted by molar-refractivity contribution is 0.410. The Morgan fingerprint density at radius 3 is 2.68 bits per heavy atom. The van der Waals surface area contributed by atoms with Crippen molar-refractivity contribution in [3.8, 4) is 5.75 Å². The zero-order chi connectivity index (χ0) is 13.8. The van der Waals surface area contributed by atoms with E-state index in [1.165, 1.54) is 0 Å². The molecule has 100 valence electrons. The summed E-state index contributed by atoms with van der Waals surface area (Å²) in [6.45, 7) is 3.90. The van der Waals surface area contributed by atoms with Crippen molar-refractivity contribution in [1.82, 2.24) is 9.97 Å². The topological polar surface area (TPSA) is 61.0 Å². The minimum Gasteiger partial charge on any atom is -0.496 e. The van der Waals surface area contributed by atoms with Gasteiger partial charge in [0, 0.05) is 35.5 Å². The first-order valence-electron chi connectivity index (χ1n) is 6.31. The maximum Gasteiger partial charge on any atom is 0.133 e. The number of rotatable bonds is 4. The van der Waals surface area contributed by atoms with Gasteiger partial charge in [-0.1, -0.05) is 18.2 Å². The summed E-state index contributed by atoms with van der Waals surface area (Å²) >= 11 is 0. The molecule has 0 saturated heterocycles. The van der Waals surface area contributed by atoms with Crippen LogP contribution in [0, 0.1) is 6.92 Å². The molecule has 0 aliphatic rings. The standard InChI is InChI=1S/C15H19N3O/c1-10(16)13-9-17-15(18-11(13)2)8-12-6-4-5-7-14(12)19-3/h4-7,9-10H,8,16H2,1-3H3. The van der Waals surface area contributed by atoms with Crippen LogP contribution in [-0.2, 0) is 6.42 Å². The fraction of sp³-hybridized carbons (Fsp3) is 0.333. The average molecular weight is 257 g/mol. The van der Waals surface area contributed by atoms with Crippen LogP contribution in [0.4, 0.5) is 0 Å². The number of nitrogens with two attached hydrogens (primary N) is 1. The first-order valence-corrected chi connectivity index (χ1v) is 6.31. The largest absolute Gasteiger partial charge is 0.496 e. The van der Waals surface area contributed by atoms with Crippen LogP contribution in [0.1, 0.15) is 35.6 Å². The number of ether oxygens (including phenoxy) is 1. The van der Waals surface area contributed by atoms with E-state index in [4.69, 9.17) is 10.5 Å². The highest BCUT2D eigenvalue weighted by molar-refractivity contribution is 5.35. The third-order valence-electron chi connectivity index (χ3n) is 3.10. The zero-order valence-corrected chi connectivity index (χ0v) is 11.6. The van der Waals surface area contributed by atoms with Crippen LogP contribution >= 0.6 is 0 Å². The number of hydrogen-bond donors (Lipinski definition) is 1. The smallest absolute Gasteiger partial charge is 0.133 e. The van der Waals surface area contributed by atoms with E-state index in [1.807, 2.05) is 44.3 Å². The van der Waals surface area contributed by atoms with Crippen LogP contribution in [0.15, 0.2) is 30.5 Å². The van der Waals surface area contributed by atoms with Crippen LogP contribution in [-0.4, -0.2) is 17.1 Å². The van der Waals surface area contributed by atoms with E-state index in [1.54, 1.807) is 7.11 Å². The van der Waals surface area contributed by atoms with Crippen molar-refractivity contribution in [3.05, 3.63) is 53.1 Å². The molecule has 1 aromatic heterocycles.